The lowest BCUT2D eigenvalue weighted by molar-refractivity contribution is 0.0649. The second-order valence-corrected chi connectivity index (χ2v) is 10.7. The van der Waals surface area contributed by atoms with Crippen molar-refractivity contribution in [2.75, 3.05) is 14.2 Å². The number of nitrogens with zero attached hydrogens (tertiary/aromatic N) is 3. The molecule has 0 N–H and O–H groups in total. The second kappa shape index (κ2) is 9.06. The number of benzene rings is 2. The highest BCUT2D eigenvalue weighted by atomic mass is 16.5. The fourth-order valence-corrected chi connectivity index (χ4v) is 4.41. The normalized spacial score (nSPS) is 12.9. The van der Waals surface area contributed by atoms with E-state index in [9.17, 15) is 4.79 Å². The molecule has 1 aromatic heterocycles. The zero-order chi connectivity index (χ0) is 25.7. The van der Waals surface area contributed by atoms with Gasteiger partial charge in [-0.1, -0.05) is 12.1 Å². The van der Waals surface area contributed by atoms with E-state index >= 15 is 0 Å². The Hall–Kier alpha value is -3.28. The van der Waals surface area contributed by atoms with Crippen molar-refractivity contribution in [2.45, 2.75) is 73.0 Å². The number of ether oxygens (including phenoxy) is 2. The van der Waals surface area contributed by atoms with Crippen molar-refractivity contribution in [2.24, 2.45) is 0 Å². The molecule has 1 aliphatic rings. The van der Waals surface area contributed by atoms with Crippen LogP contribution in [-0.4, -0.2) is 46.2 Å². The van der Waals surface area contributed by atoms with E-state index < -0.39 is 0 Å². The molecule has 3 aromatic rings. The van der Waals surface area contributed by atoms with Gasteiger partial charge in [0.15, 0.2) is 17.2 Å². The number of aromatic nitrogens is 2. The number of carbonyl (C=O) groups is 1. The average Bonchev–Trinajstić information content (AvgIpc) is 3.18. The number of aryl methyl sites for hydroxylation is 3. The van der Waals surface area contributed by atoms with E-state index in [-0.39, 0.29) is 17.6 Å². The molecule has 0 saturated carbocycles. The van der Waals surface area contributed by atoms with Gasteiger partial charge in [-0.3, -0.25) is 9.36 Å². The van der Waals surface area contributed by atoms with Crippen LogP contribution in [0, 0.1) is 13.8 Å². The smallest absolute Gasteiger partial charge is 0.274 e. The van der Waals surface area contributed by atoms with Crippen molar-refractivity contribution in [3.63, 3.8) is 0 Å². The number of hydrogen-bond acceptors (Lipinski definition) is 4. The minimum Gasteiger partial charge on any atom is -0.493 e. The Morgan fingerprint density at radius 3 is 2.37 bits per heavy atom. The van der Waals surface area contributed by atoms with Gasteiger partial charge in [-0.15, -0.1) is 0 Å². The molecule has 1 amide bonds. The molecular weight excluding hydrogens is 438 g/mol. The largest absolute Gasteiger partial charge is 0.493 e. The summed E-state index contributed by atoms with van der Waals surface area (Å²) >= 11 is 0. The zero-order valence-electron chi connectivity index (χ0n) is 22.4. The Bertz CT molecular complexity index is 1280. The van der Waals surface area contributed by atoms with E-state index in [1.165, 1.54) is 11.1 Å². The van der Waals surface area contributed by atoms with Gasteiger partial charge in [-0.05, 0) is 90.1 Å². The predicted octanol–water partition coefficient (Wildman–Crippen LogP) is 5.92. The van der Waals surface area contributed by atoms with Gasteiger partial charge in [-0.25, -0.2) is 4.98 Å². The summed E-state index contributed by atoms with van der Waals surface area (Å²) in [6.45, 7) is 14.3. The van der Waals surface area contributed by atoms with Crippen molar-refractivity contribution in [1.29, 1.82) is 0 Å². The molecule has 35 heavy (non-hydrogen) atoms. The Morgan fingerprint density at radius 1 is 1.06 bits per heavy atom. The van der Waals surface area contributed by atoms with Crippen molar-refractivity contribution >= 4 is 5.91 Å². The van der Waals surface area contributed by atoms with E-state index in [2.05, 4.69) is 42.7 Å². The minimum absolute atomic E-state index is 0.00425. The standard InChI is InChI=1S/C29H37N3O3/c1-17(2)35-25-16-23-20(15-24(25)34-9)12-13-22-26(28(33)31(8)29(5,6)7)30-27(32(22)23)21-11-10-18(3)19(4)14-21/h10-11,14-17H,12-13H2,1-9H3. The van der Waals surface area contributed by atoms with Crippen LogP contribution >= 0.6 is 0 Å². The van der Waals surface area contributed by atoms with Crippen LogP contribution in [0.1, 0.15) is 67.5 Å². The summed E-state index contributed by atoms with van der Waals surface area (Å²) < 4.78 is 13.9. The quantitative estimate of drug-likeness (QED) is 0.460. The van der Waals surface area contributed by atoms with Gasteiger partial charge in [0.25, 0.3) is 5.91 Å². The molecule has 6 heteroatoms. The summed E-state index contributed by atoms with van der Waals surface area (Å²) in [5.74, 6) is 2.12. The lowest BCUT2D eigenvalue weighted by atomic mass is 9.98. The number of methoxy groups -OCH3 is 1. The topological polar surface area (TPSA) is 56.6 Å². The first kappa shape index (κ1) is 24.8. The molecular formula is C29H37N3O3. The average molecular weight is 476 g/mol. The molecule has 0 atom stereocenters. The van der Waals surface area contributed by atoms with Crippen LogP contribution in [0.4, 0.5) is 0 Å². The third-order valence-electron chi connectivity index (χ3n) is 6.85. The number of amides is 1. The lowest BCUT2D eigenvalue weighted by Gasteiger charge is -2.32. The van der Waals surface area contributed by atoms with Crippen LogP contribution in [0.25, 0.3) is 17.1 Å². The molecule has 186 valence electrons. The zero-order valence-corrected chi connectivity index (χ0v) is 22.4. The molecule has 0 radical (unpaired) electrons. The number of carbonyl (C=O) groups excluding carboxylic acids is 1. The maximum Gasteiger partial charge on any atom is 0.274 e. The van der Waals surface area contributed by atoms with Crippen LogP contribution in [0.2, 0.25) is 0 Å². The van der Waals surface area contributed by atoms with E-state index in [0.29, 0.717) is 11.4 Å². The summed E-state index contributed by atoms with van der Waals surface area (Å²) in [4.78, 5) is 20.4. The van der Waals surface area contributed by atoms with Gasteiger partial charge in [0.2, 0.25) is 0 Å². The monoisotopic (exact) mass is 475 g/mol. The molecule has 0 spiro atoms. The van der Waals surface area contributed by atoms with Gasteiger partial charge in [0.05, 0.1) is 24.6 Å². The van der Waals surface area contributed by atoms with Crippen molar-refractivity contribution in [3.8, 4) is 28.6 Å². The third kappa shape index (κ3) is 4.54. The molecule has 0 aliphatic carbocycles. The Balaban J connectivity index is 1.99. The summed E-state index contributed by atoms with van der Waals surface area (Å²) in [6.07, 6.45) is 1.52. The van der Waals surface area contributed by atoms with Crippen LogP contribution in [-0.2, 0) is 12.8 Å². The number of hydrogen-bond donors (Lipinski definition) is 0. The number of fused-ring (bicyclic) bond motifs is 3. The van der Waals surface area contributed by atoms with Gasteiger partial charge in [-0.2, -0.15) is 0 Å². The molecule has 0 saturated heterocycles. The number of rotatable bonds is 5. The minimum atomic E-state index is -0.313. The summed E-state index contributed by atoms with van der Waals surface area (Å²) in [5, 5.41) is 0. The van der Waals surface area contributed by atoms with Crippen LogP contribution in [0.15, 0.2) is 30.3 Å². The molecule has 2 heterocycles. The lowest BCUT2D eigenvalue weighted by Crippen LogP contribution is -2.43. The molecule has 6 nitrogen and oxygen atoms in total. The fraction of sp³-hybridized carbons (Fsp3) is 0.448. The third-order valence-corrected chi connectivity index (χ3v) is 6.85. The maximum absolute atomic E-state index is 13.7. The Kier molecular flexibility index (Phi) is 6.43. The Morgan fingerprint density at radius 2 is 1.77 bits per heavy atom. The van der Waals surface area contributed by atoms with Crippen LogP contribution in [0.3, 0.4) is 0 Å². The highest BCUT2D eigenvalue weighted by Gasteiger charge is 2.33. The molecule has 0 bridgehead atoms. The summed E-state index contributed by atoms with van der Waals surface area (Å²) in [5.41, 5.74) is 6.68. The molecule has 0 unspecified atom stereocenters. The molecule has 0 fully saturated rings. The van der Waals surface area contributed by atoms with Crippen LogP contribution in [0.5, 0.6) is 11.5 Å². The van der Waals surface area contributed by atoms with Crippen molar-refractivity contribution < 1.29 is 14.3 Å². The van der Waals surface area contributed by atoms with E-state index in [0.717, 1.165) is 46.9 Å². The Labute approximate surface area is 208 Å². The molecule has 1 aliphatic heterocycles. The van der Waals surface area contributed by atoms with E-state index in [1.54, 1.807) is 12.0 Å². The SMILES string of the molecule is COc1cc2c(cc1OC(C)C)-n1c(-c3ccc(C)c(C)c3)nc(C(=O)N(C)C(C)(C)C)c1CC2. The van der Waals surface area contributed by atoms with Crippen molar-refractivity contribution in [1.82, 2.24) is 14.5 Å². The second-order valence-electron chi connectivity index (χ2n) is 10.7. The van der Waals surface area contributed by atoms with Crippen molar-refractivity contribution in [3.05, 3.63) is 58.4 Å². The maximum atomic E-state index is 13.7. The summed E-state index contributed by atoms with van der Waals surface area (Å²) in [7, 11) is 3.51. The molecule has 2 aromatic carbocycles. The highest BCUT2D eigenvalue weighted by molar-refractivity contribution is 5.95. The van der Waals surface area contributed by atoms with E-state index in [4.69, 9.17) is 14.5 Å². The van der Waals surface area contributed by atoms with Crippen LogP contribution < -0.4 is 9.47 Å². The molecule has 4 rings (SSSR count). The van der Waals surface area contributed by atoms with Gasteiger partial charge in [0.1, 0.15) is 5.82 Å². The van der Waals surface area contributed by atoms with Gasteiger partial charge < -0.3 is 14.4 Å². The number of imidazole rings is 1. The first-order valence-electron chi connectivity index (χ1n) is 12.3. The highest BCUT2D eigenvalue weighted by Crippen LogP contribution is 2.40. The summed E-state index contributed by atoms with van der Waals surface area (Å²) in [6, 6.07) is 10.4. The first-order chi connectivity index (χ1) is 16.4. The van der Waals surface area contributed by atoms with Gasteiger partial charge >= 0.3 is 0 Å². The van der Waals surface area contributed by atoms with Gasteiger partial charge in [0, 0.05) is 24.2 Å². The predicted molar refractivity (Wildman–Crippen MR) is 140 cm³/mol. The van der Waals surface area contributed by atoms with E-state index in [1.807, 2.05) is 47.7 Å². The fourth-order valence-electron chi connectivity index (χ4n) is 4.41. The first-order valence-corrected chi connectivity index (χ1v) is 12.3.